The molecule has 0 heterocycles. The lowest BCUT2D eigenvalue weighted by atomic mass is 10.0. The van der Waals surface area contributed by atoms with E-state index in [1.807, 2.05) is 6.92 Å². The maximum Gasteiger partial charge on any atom is 0.253 e. The highest BCUT2D eigenvalue weighted by Gasteiger charge is 2.18. The minimum absolute atomic E-state index is 0.0683. The molecule has 1 amide bonds. The average Bonchev–Trinajstić information content (AvgIpc) is 2.32. The Kier molecular flexibility index (Phi) is 5.29. The van der Waals surface area contributed by atoms with Crippen LogP contribution in [0.25, 0.3) is 0 Å². The van der Waals surface area contributed by atoms with Crippen molar-refractivity contribution in [3.63, 3.8) is 0 Å². The van der Waals surface area contributed by atoms with Crippen molar-refractivity contribution >= 4 is 34.8 Å². The number of carbonyl (C=O) groups excluding carboxylic acids is 1. The van der Waals surface area contributed by atoms with Crippen LogP contribution in [0.2, 0.25) is 10.0 Å². The Labute approximate surface area is 118 Å². The number of rotatable bonds is 4. The Morgan fingerprint density at radius 2 is 2.00 bits per heavy atom. The van der Waals surface area contributed by atoms with Crippen molar-refractivity contribution in [2.75, 3.05) is 5.73 Å². The highest BCUT2D eigenvalue weighted by atomic mass is 35.5. The van der Waals surface area contributed by atoms with Gasteiger partial charge in [-0.2, -0.15) is 0 Å². The van der Waals surface area contributed by atoms with E-state index in [0.717, 1.165) is 6.42 Å². The summed E-state index contributed by atoms with van der Waals surface area (Å²) in [6, 6.07) is 3.13. The fourth-order valence-corrected chi connectivity index (χ4v) is 1.98. The predicted octanol–water partition coefficient (Wildman–Crippen LogP) is 3.74. The van der Waals surface area contributed by atoms with Crippen molar-refractivity contribution in [2.45, 2.75) is 33.2 Å². The van der Waals surface area contributed by atoms with Crippen LogP contribution in [-0.2, 0) is 0 Å². The molecular weight excluding hydrogens is 271 g/mol. The summed E-state index contributed by atoms with van der Waals surface area (Å²) in [7, 11) is 0. The van der Waals surface area contributed by atoms with Gasteiger partial charge in [-0.15, -0.1) is 0 Å². The summed E-state index contributed by atoms with van der Waals surface area (Å²) in [5.41, 5.74) is 6.40. The normalized spacial score (nSPS) is 14.1. The third-order valence-corrected chi connectivity index (χ3v) is 3.95. The highest BCUT2D eigenvalue weighted by Crippen LogP contribution is 2.28. The molecule has 1 rings (SSSR count). The quantitative estimate of drug-likeness (QED) is 0.830. The van der Waals surface area contributed by atoms with E-state index >= 15 is 0 Å². The lowest BCUT2D eigenvalue weighted by Crippen LogP contribution is -2.37. The maximum atomic E-state index is 12.1. The molecular formula is C13H18Cl2N2O. The summed E-state index contributed by atoms with van der Waals surface area (Å²) in [5, 5.41) is 3.43. The fourth-order valence-electron chi connectivity index (χ4n) is 1.56. The molecule has 100 valence electrons. The van der Waals surface area contributed by atoms with E-state index in [1.54, 1.807) is 0 Å². The number of halogens is 2. The lowest BCUT2D eigenvalue weighted by Gasteiger charge is -2.20. The van der Waals surface area contributed by atoms with Gasteiger partial charge in [0.15, 0.2) is 0 Å². The van der Waals surface area contributed by atoms with E-state index < -0.39 is 0 Å². The van der Waals surface area contributed by atoms with Gasteiger partial charge in [-0.1, -0.05) is 43.5 Å². The largest absolute Gasteiger partial charge is 0.399 e. The predicted molar refractivity (Wildman–Crippen MR) is 77.3 cm³/mol. The Morgan fingerprint density at radius 1 is 1.39 bits per heavy atom. The van der Waals surface area contributed by atoms with E-state index in [2.05, 4.69) is 19.2 Å². The number of anilines is 1. The number of benzene rings is 1. The number of carbonyl (C=O) groups is 1. The van der Waals surface area contributed by atoms with Gasteiger partial charge < -0.3 is 11.1 Å². The molecule has 0 aliphatic heterocycles. The van der Waals surface area contributed by atoms with Crippen molar-refractivity contribution in [1.82, 2.24) is 5.32 Å². The molecule has 0 aromatic heterocycles. The fraction of sp³-hybridized carbons (Fsp3) is 0.462. The van der Waals surface area contributed by atoms with Crippen molar-refractivity contribution < 1.29 is 4.79 Å². The van der Waals surface area contributed by atoms with Crippen LogP contribution in [-0.4, -0.2) is 11.9 Å². The highest BCUT2D eigenvalue weighted by molar-refractivity contribution is 6.44. The second-order valence-electron chi connectivity index (χ2n) is 4.51. The van der Waals surface area contributed by atoms with E-state index in [0.29, 0.717) is 17.2 Å². The summed E-state index contributed by atoms with van der Waals surface area (Å²) in [4.78, 5) is 12.1. The van der Waals surface area contributed by atoms with Crippen molar-refractivity contribution in [3.05, 3.63) is 27.7 Å². The van der Waals surface area contributed by atoms with Crippen LogP contribution in [0.4, 0.5) is 5.69 Å². The molecule has 2 atom stereocenters. The summed E-state index contributed by atoms with van der Waals surface area (Å²) >= 11 is 11.9. The van der Waals surface area contributed by atoms with Crippen LogP contribution in [0.1, 0.15) is 37.6 Å². The van der Waals surface area contributed by atoms with Gasteiger partial charge in [0.25, 0.3) is 5.91 Å². The molecule has 1 aromatic carbocycles. The van der Waals surface area contributed by atoms with Crippen LogP contribution in [0, 0.1) is 5.92 Å². The summed E-state index contributed by atoms with van der Waals surface area (Å²) in [6.07, 6.45) is 0.993. The van der Waals surface area contributed by atoms with Gasteiger partial charge in [-0.3, -0.25) is 4.79 Å². The summed E-state index contributed by atoms with van der Waals surface area (Å²) < 4.78 is 0. The monoisotopic (exact) mass is 288 g/mol. The number of amides is 1. The van der Waals surface area contributed by atoms with Crippen molar-refractivity contribution in [3.8, 4) is 0 Å². The first-order valence-corrected chi connectivity index (χ1v) is 6.67. The molecule has 0 aliphatic carbocycles. The van der Waals surface area contributed by atoms with Crippen LogP contribution >= 0.6 is 23.2 Å². The number of nitrogens with two attached hydrogens (primary N) is 1. The molecule has 0 saturated heterocycles. The Morgan fingerprint density at radius 3 is 2.56 bits per heavy atom. The number of hydrogen-bond donors (Lipinski definition) is 2. The zero-order chi connectivity index (χ0) is 13.9. The van der Waals surface area contributed by atoms with Crippen LogP contribution in [0.15, 0.2) is 12.1 Å². The molecule has 0 saturated carbocycles. The zero-order valence-corrected chi connectivity index (χ0v) is 12.3. The van der Waals surface area contributed by atoms with Crippen molar-refractivity contribution in [1.29, 1.82) is 0 Å². The molecule has 0 radical (unpaired) electrons. The van der Waals surface area contributed by atoms with Gasteiger partial charge in [0.05, 0.1) is 15.6 Å². The zero-order valence-electron chi connectivity index (χ0n) is 10.8. The molecule has 3 N–H and O–H groups in total. The molecule has 0 bridgehead atoms. The smallest absolute Gasteiger partial charge is 0.253 e. The minimum Gasteiger partial charge on any atom is -0.399 e. The van der Waals surface area contributed by atoms with E-state index in [-0.39, 0.29) is 22.0 Å². The topological polar surface area (TPSA) is 55.1 Å². The Bertz CT molecular complexity index is 449. The first-order valence-electron chi connectivity index (χ1n) is 5.92. The van der Waals surface area contributed by atoms with Crippen LogP contribution in [0.3, 0.4) is 0 Å². The van der Waals surface area contributed by atoms with Crippen molar-refractivity contribution in [2.24, 2.45) is 5.92 Å². The SMILES string of the molecule is CCC(C)C(C)NC(=O)c1cc(N)cc(Cl)c1Cl. The lowest BCUT2D eigenvalue weighted by molar-refractivity contribution is 0.0928. The first kappa shape index (κ1) is 15.1. The molecule has 3 nitrogen and oxygen atoms in total. The van der Waals surface area contributed by atoms with Gasteiger partial charge in [-0.25, -0.2) is 0 Å². The molecule has 18 heavy (non-hydrogen) atoms. The third kappa shape index (κ3) is 3.53. The molecule has 2 unspecified atom stereocenters. The molecule has 0 aliphatic rings. The Balaban J connectivity index is 2.91. The summed E-state index contributed by atoms with van der Waals surface area (Å²) in [6.45, 7) is 6.13. The average molecular weight is 289 g/mol. The number of nitrogen functional groups attached to an aromatic ring is 1. The van der Waals surface area contributed by atoms with Gasteiger partial charge in [-0.05, 0) is 25.0 Å². The van der Waals surface area contributed by atoms with Gasteiger partial charge >= 0.3 is 0 Å². The van der Waals surface area contributed by atoms with Gasteiger partial charge in [0.1, 0.15) is 0 Å². The maximum absolute atomic E-state index is 12.1. The van der Waals surface area contributed by atoms with E-state index in [1.165, 1.54) is 12.1 Å². The number of hydrogen-bond acceptors (Lipinski definition) is 2. The number of nitrogens with one attached hydrogen (secondary N) is 1. The summed E-state index contributed by atoms with van der Waals surface area (Å²) in [5.74, 6) is 0.145. The van der Waals surface area contributed by atoms with Gasteiger partial charge in [0.2, 0.25) is 0 Å². The second kappa shape index (κ2) is 6.30. The molecule has 1 aromatic rings. The van der Waals surface area contributed by atoms with Gasteiger partial charge in [0, 0.05) is 11.7 Å². The molecule has 0 fully saturated rings. The standard InChI is InChI=1S/C13H18Cl2N2O/c1-4-7(2)8(3)17-13(18)10-5-9(16)6-11(14)12(10)15/h5-8H,4,16H2,1-3H3,(H,17,18). The Hall–Kier alpha value is -0.930. The van der Waals surface area contributed by atoms with Crippen LogP contribution in [0.5, 0.6) is 0 Å². The molecule has 5 heteroatoms. The molecule has 0 spiro atoms. The minimum atomic E-state index is -0.248. The first-order chi connectivity index (χ1) is 8.36. The van der Waals surface area contributed by atoms with Crippen LogP contribution < -0.4 is 11.1 Å². The third-order valence-electron chi connectivity index (χ3n) is 3.15. The second-order valence-corrected chi connectivity index (χ2v) is 5.30. The van der Waals surface area contributed by atoms with E-state index in [4.69, 9.17) is 28.9 Å². The van der Waals surface area contributed by atoms with E-state index in [9.17, 15) is 4.79 Å².